The molecule has 1 atom stereocenters. The van der Waals surface area contributed by atoms with E-state index in [4.69, 9.17) is 21.4 Å². The van der Waals surface area contributed by atoms with E-state index in [1.807, 2.05) is 71.7 Å². The highest BCUT2D eigenvalue weighted by atomic mass is 79.9. The monoisotopic (exact) mass is 511 g/mol. The lowest BCUT2D eigenvalue weighted by Gasteiger charge is -2.31. The maximum Gasteiger partial charge on any atom is 0.245 e. The lowest BCUT2D eigenvalue weighted by molar-refractivity contribution is -0.117. The number of halogens is 2. The standard InChI is InChI=1S/C25H23BrClN3O2/c1-32-17-25(19-5-3-2-4-6-19)16-30(29-24(25)18-7-11-21(27)12-8-18)15-23(31)28-22-13-9-20(26)10-14-22/h2-14H,15-17H2,1H3,(H,28,31). The molecule has 1 aliphatic rings. The van der Waals surface area contributed by atoms with Crippen molar-refractivity contribution in [1.29, 1.82) is 0 Å². The first-order chi connectivity index (χ1) is 15.5. The number of carbonyl (C=O) groups is 1. The second-order valence-corrected chi connectivity index (χ2v) is 9.07. The minimum atomic E-state index is -0.512. The molecular weight excluding hydrogens is 490 g/mol. The smallest absolute Gasteiger partial charge is 0.245 e. The van der Waals surface area contributed by atoms with Crippen LogP contribution in [0.25, 0.3) is 0 Å². The van der Waals surface area contributed by atoms with Crippen molar-refractivity contribution in [2.45, 2.75) is 5.41 Å². The van der Waals surface area contributed by atoms with E-state index in [0.29, 0.717) is 18.2 Å². The van der Waals surface area contributed by atoms with Gasteiger partial charge < -0.3 is 10.1 Å². The van der Waals surface area contributed by atoms with Gasteiger partial charge in [0.05, 0.1) is 24.3 Å². The first kappa shape index (κ1) is 22.5. The van der Waals surface area contributed by atoms with Crippen molar-refractivity contribution in [1.82, 2.24) is 5.01 Å². The fourth-order valence-electron chi connectivity index (χ4n) is 4.02. The Morgan fingerprint density at radius 1 is 1.09 bits per heavy atom. The number of hydrogen-bond donors (Lipinski definition) is 1. The molecule has 0 radical (unpaired) electrons. The van der Waals surface area contributed by atoms with Crippen molar-refractivity contribution >= 4 is 44.8 Å². The number of carbonyl (C=O) groups excluding carboxylic acids is 1. The van der Waals surface area contributed by atoms with Gasteiger partial charge in [-0.1, -0.05) is 70.0 Å². The molecule has 1 heterocycles. The fraction of sp³-hybridized carbons (Fsp3) is 0.200. The minimum absolute atomic E-state index is 0.130. The van der Waals surface area contributed by atoms with Crippen LogP contribution in [0.3, 0.4) is 0 Å². The van der Waals surface area contributed by atoms with Gasteiger partial charge in [-0.15, -0.1) is 0 Å². The van der Waals surface area contributed by atoms with Crippen LogP contribution < -0.4 is 5.32 Å². The number of amides is 1. The molecule has 164 valence electrons. The molecule has 4 rings (SSSR count). The third-order valence-electron chi connectivity index (χ3n) is 5.44. The average molecular weight is 513 g/mol. The molecule has 0 saturated carbocycles. The summed E-state index contributed by atoms with van der Waals surface area (Å²) in [6, 6.07) is 25.3. The van der Waals surface area contributed by atoms with Gasteiger partial charge in [0.25, 0.3) is 0 Å². The summed E-state index contributed by atoms with van der Waals surface area (Å²) in [4.78, 5) is 12.8. The SMILES string of the molecule is COCC1(c2ccccc2)CN(CC(=O)Nc2ccc(Br)cc2)N=C1c1ccc(Cl)cc1. The maximum atomic E-state index is 12.8. The Kier molecular flexibility index (Phi) is 6.94. The zero-order valence-electron chi connectivity index (χ0n) is 17.6. The first-order valence-corrected chi connectivity index (χ1v) is 11.4. The predicted octanol–water partition coefficient (Wildman–Crippen LogP) is 5.35. The molecular formula is C25H23BrClN3O2. The molecule has 0 aromatic heterocycles. The van der Waals surface area contributed by atoms with Gasteiger partial charge in [0, 0.05) is 22.3 Å². The Balaban J connectivity index is 1.65. The number of nitrogens with one attached hydrogen (secondary N) is 1. The zero-order valence-corrected chi connectivity index (χ0v) is 19.9. The number of ether oxygens (including phenoxy) is 1. The molecule has 0 saturated heterocycles. The van der Waals surface area contributed by atoms with Crippen LogP contribution in [0, 0.1) is 0 Å². The van der Waals surface area contributed by atoms with Crippen molar-refractivity contribution in [3.63, 3.8) is 0 Å². The van der Waals surface area contributed by atoms with E-state index >= 15 is 0 Å². The Labute approximate surface area is 201 Å². The van der Waals surface area contributed by atoms with Crippen LogP contribution >= 0.6 is 27.5 Å². The third kappa shape index (κ3) is 4.88. The van der Waals surface area contributed by atoms with Crippen LogP contribution in [0.4, 0.5) is 5.69 Å². The largest absolute Gasteiger partial charge is 0.383 e. The van der Waals surface area contributed by atoms with E-state index in [2.05, 4.69) is 33.4 Å². The summed E-state index contributed by atoms with van der Waals surface area (Å²) in [5.74, 6) is -0.132. The Morgan fingerprint density at radius 2 is 1.78 bits per heavy atom. The summed E-state index contributed by atoms with van der Waals surface area (Å²) in [7, 11) is 1.69. The molecule has 1 aliphatic heterocycles. The number of hydrazone groups is 1. The van der Waals surface area contributed by atoms with E-state index in [-0.39, 0.29) is 12.5 Å². The van der Waals surface area contributed by atoms with Crippen LogP contribution in [-0.4, -0.2) is 43.4 Å². The molecule has 3 aromatic carbocycles. The number of nitrogens with zero attached hydrogens (tertiary/aromatic N) is 2. The summed E-state index contributed by atoms with van der Waals surface area (Å²) in [5.41, 5.74) is 3.13. The van der Waals surface area contributed by atoms with E-state index < -0.39 is 5.41 Å². The normalized spacial score (nSPS) is 17.8. The van der Waals surface area contributed by atoms with Crippen molar-refractivity contribution in [3.8, 4) is 0 Å². The quantitative estimate of drug-likeness (QED) is 0.465. The molecule has 0 fully saturated rings. The van der Waals surface area contributed by atoms with Gasteiger partial charge in [0.1, 0.15) is 6.54 Å². The molecule has 0 spiro atoms. The number of anilines is 1. The van der Waals surface area contributed by atoms with Gasteiger partial charge in [-0.2, -0.15) is 5.10 Å². The highest BCUT2D eigenvalue weighted by Gasteiger charge is 2.45. The van der Waals surface area contributed by atoms with Crippen molar-refractivity contribution in [2.24, 2.45) is 5.10 Å². The average Bonchev–Trinajstić information content (AvgIpc) is 3.15. The molecule has 5 nitrogen and oxygen atoms in total. The Morgan fingerprint density at radius 3 is 2.44 bits per heavy atom. The second kappa shape index (κ2) is 9.86. The highest BCUT2D eigenvalue weighted by Crippen LogP contribution is 2.36. The van der Waals surface area contributed by atoms with Crippen molar-refractivity contribution in [2.75, 3.05) is 32.1 Å². The zero-order chi connectivity index (χ0) is 22.6. The predicted molar refractivity (Wildman–Crippen MR) is 132 cm³/mol. The number of benzene rings is 3. The topological polar surface area (TPSA) is 53.9 Å². The summed E-state index contributed by atoms with van der Waals surface area (Å²) in [5, 5.41) is 10.3. The molecule has 0 aliphatic carbocycles. The minimum Gasteiger partial charge on any atom is -0.383 e. The number of rotatable bonds is 7. The van der Waals surface area contributed by atoms with Crippen LogP contribution in [0.5, 0.6) is 0 Å². The summed E-state index contributed by atoms with van der Waals surface area (Å²) in [6.07, 6.45) is 0. The number of methoxy groups -OCH3 is 1. The van der Waals surface area contributed by atoms with Gasteiger partial charge in [-0.25, -0.2) is 0 Å². The fourth-order valence-corrected chi connectivity index (χ4v) is 4.41. The third-order valence-corrected chi connectivity index (χ3v) is 6.22. The van der Waals surface area contributed by atoms with E-state index in [1.54, 1.807) is 7.11 Å². The van der Waals surface area contributed by atoms with E-state index in [0.717, 1.165) is 27.0 Å². The van der Waals surface area contributed by atoms with Crippen molar-refractivity contribution < 1.29 is 9.53 Å². The van der Waals surface area contributed by atoms with Crippen LogP contribution in [0.15, 0.2) is 88.4 Å². The van der Waals surface area contributed by atoms with Gasteiger partial charge in [-0.3, -0.25) is 9.80 Å². The maximum absolute atomic E-state index is 12.8. The second-order valence-electron chi connectivity index (χ2n) is 7.71. The summed E-state index contributed by atoms with van der Waals surface area (Å²) < 4.78 is 6.64. The van der Waals surface area contributed by atoms with Crippen molar-refractivity contribution in [3.05, 3.63) is 99.5 Å². The van der Waals surface area contributed by atoms with E-state index in [1.165, 1.54) is 0 Å². The molecule has 1 unspecified atom stereocenters. The van der Waals surface area contributed by atoms with Gasteiger partial charge in [0.15, 0.2) is 0 Å². The molecule has 3 aromatic rings. The lowest BCUT2D eigenvalue weighted by Crippen LogP contribution is -2.44. The van der Waals surface area contributed by atoms with E-state index in [9.17, 15) is 4.79 Å². The molecule has 32 heavy (non-hydrogen) atoms. The Hall–Kier alpha value is -2.67. The Bertz CT molecular complexity index is 1100. The first-order valence-electron chi connectivity index (χ1n) is 10.2. The summed E-state index contributed by atoms with van der Waals surface area (Å²) >= 11 is 9.53. The van der Waals surface area contributed by atoms with Gasteiger partial charge in [-0.05, 0) is 47.5 Å². The van der Waals surface area contributed by atoms with Crippen LogP contribution in [-0.2, 0) is 14.9 Å². The van der Waals surface area contributed by atoms with Crippen LogP contribution in [0.1, 0.15) is 11.1 Å². The molecule has 7 heteroatoms. The van der Waals surface area contributed by atoms with Gasteiger partial charge >= 0.3 is 0 Å². The molecule has 1 N–H and O–H groups in total. The molecule has 1 amide bonds. The highest BCUT2D eigenvalue weighted by molar-refractivity contribution is 9.10. The summed E-state index contributed by atoms with van der Waals surface area (Å²) in [6.45, 7) is 1.09. The van der Waals surface area contributed by atoms with Crippen LogP contribution in [0.2, 0.25) is 5.02 Å². The molecule has 0 bridgehead atoms. The number of hydrogen-bond acceptors (Lipinski definition) is 4. The lowest BCUT2D eigenvalue weighted by atomic mass is 9.75. The van der Waals surface area contributed by atoms with Gasteiger partial charge in [0.2, 0.25) is 5.91 Å².